The van der Waals surface area contributed by atoms with Crippen LogP contribution in [0, 0.1) is 0 Å². The number of halogens is 3. The molecule has 0 fully saturated rings. The van der Waals surface area contributed by atoms with Crippen LogP contribution in [0.5, 0.6) is 0 Å². The van der Waals surface area contributed by atoms with Gasteiger partial charge in [0.05, 0.1) is 0 Å². The lowest BCUT2D eigenvalue weighted by Gasteiger charge is -2.15. The maximum Gasteiger partial charge on any atom is 0.248 e. The van der Waals surface area contributed by atoms with E-state index in [0.717, 1.165) is 57.4 Å². The molecule has 118 valence electrons. The number of amides is 1. The Balaban J connectivity index is 3.17. The molecule has 0 bridgehead atoms. The summed E-state index contributed by atoms with van der Waals surface area (Å²) in [5.74, 6) is -0.273. The first-order valence-corrected chi connectivity index (χ1v) is 11.8. The molecular weight excluding hydrogens is 603 g/mol. The number of hydrogen-bond donors (Lipinski definition) is 1. The van der Waals surface area contributed by atoms with E-state index in [1.165, 1.54) is 16.7 Å². The minimum Gasteiger partial charge on any atom is -0.366 e. The molecule has 1 aromatic carbocycles. The van der Waals surface area contributed by atoms with E-state index in [-0.39, 0.29) is 5.91 Å². The van der Waals surface area contributed by atoms with E-state index in [0.29, 0.717) is 0 Å². The van der Waals surface area contributed by atoms with Crippen molar-refractivity contribution in [1.29, 1.82) is 0 Å². The second-order valence-electron chi connectivity index (χ2n) is 5.02. The number of rotatable bonds is 10. The molecule has 1 amide bonds. The SMILES string of the molecule is NC(=O)c1cc(CCCI)cc(CCCI)c1CCCI. The van der Waals surface area contributed by atoms with Crippen molar-refractivity contribution in [3.8, 4) is 0 Å². The van der Waals surface area contributed by atoms with E-state index >= 15 is 0 Å². The van der Waals surface area contributed by atoms with E-state index in [4.69, 9.17) is 5.73 Å². The molecule has 0 aliphatic carbocycles. The molecule has 0 spiro atoms. The molecule has 0 saturated heterocycles. The number of primary amides is 1. The second kappa shape index (κ2) is 11.4. The fourth-order valence-corrected chi connectivity index (χ4v) is 3.60. The van der Waals surface area contributed by atoms with Crippen LogP contribution in [-0.4, -0.2) is 19.2 Å². The Kier molecular flexibility index (Phi) is 10.8. The molecule has 0 aliphatic rings. The van der Waals surface area contributed by atoms with Gasteiger partial charge in [-0.25, -0.2) is 0 Å². The van der Waals surface area contributed by atoms with Gasteiger partial charge >= 0.3 is 0 Å². The number of carbonyl (C=O) groups is 1. The fourth-order valence-electron chi connectivity index (χ4n) is 2.45. The maximum atomic E-state index is 11.9. The molecule has 0 saturated carbocycles. The molecule has 0 aromatic heterocycles. The van der Waals surface area contributed by atoms with Crippen molar-refractivity contribution >= 4 is 73.7 Å². The monoisotopic (exact) mass is 625 g/mol. The Morgan fingerprint density at radius 1 is 0.905 bits per heavy atom. The van der Waals surface area contributed by atoms with Gasteiger partial charge in [0.15, 0.2) is 0 Å². The number of carbonyl (C=O) groups excluding carboxylic acids is 1. The Bertz CT molecular complexity index is 463. The number of aryl methyl sites for hydroxylation is 2. The van der Waals surface area contributed by atoms with Crippen molar-refractivity contribution in [1.82, 2.24) is 0 Å². The largest absolute Gasteiger partial charge is 0.366 e. The molecular formula is C16H22I3NO. The predicted molar refractivity (Wildman–Crippen MR) is 117 cm³/mol. The Morgan fingerprint density at radius 2 is 1.48 bits per heavy atom. The van der Waals surface area contributed by atoms with Gasteiger partial charge in [0, 0.05) is 5.56 Å². The third-order valence-electron chi connectivity index (χ3n) is 3.41. The van der Waals surface area contributed by atoms with Gasteiger partial charge in [0.1, 0.15) is 0 Å². The Labute approximate surface area is 168 Å². The molecule has 0 unspecified atom stereocenters. The topological polar surface area (TPSA) is 43.1 Å². The number of nitrogens with two attached hydrogens (primary N) is 1. The van der Waals surface area contributed by atoms with E-state index in [1.807, 2.05) is 6.07 Å². The minimum absolute atomic E-state index is 0.273. The zero-order valence-electron chi connectivity index (χ0n) is 12.1. The summed E-state index contributed by atoms with van der Waals surface area (Å²) < 4.78 is 3.40. The van der Waals surface area contributed by atoms with E-state index in [2.05, 4.69) is 73.8 Å². The molecule has 1 aromatic rings. The van der Waals surface area contributed by atoms with Crippen LogP contribution in [0.4, 0.5) is 0 Å². The van der Waals surface area contributed by atoms with Crippen LogP contribution in [0.3, 0.4) is 0 Å². The summed E-state index contributed by atoms with van der Waals surface area (Å²) in [4.78, 5) is 11.9. The van der Waals surface area contributed by atoms with E-state index in [9.17, 15) is 4.79 Å². The average molecular weight is 625 g/mol. The van der Waals surface area contributed by atoms with Crippen molar-refractivity contribution in [2.45, 2.75) is 38.5 Å². The Morgan fingerprint density at radius 3 is 2.05 bits per heavy atom. The van der Waals surface area contributed by atoms with Gasteiger partial charge in [-0.3, -0.25) is 4.79 Å². The smallest absolute Gasteiger partial charge is 0.248 e. The molecule has 0 radical (unpaired) electrons. The minimum atomic E-state index is -0.273. The molecule has 5 heteroatoms. The summed E-state index contributed by atoms with van der Waals surface area (Å²) in [6.45, 7) is 0. The summed E-state index contributed by atoms with van der Waals surface area (Å²) in [6.07, 6.45) is 6.46. The van der Waals surface area contributed by atoms with E-state index < -0.39 is 0 Å². The van der Waals surface area contributed by atoms with Crippen molar-refractivity contribution < 1.29 is 4.79 Å². The zero-order valence-corrected chi connectivity index (χ0v) is 18.6. The standard InChI is InChI=1S/C16H22I3NO/c17-7-1-4-12-10-13(5-2-8-18)14(6-3-9-19)15(11-12)16(20)21/h10-11H,1-9H2,(H2,20,21). The van der Waals surface area contributed by atoms with Crippen LogP contribution >= 0.6 is 67.8 Å². The van der Waals surface area contributed by atoms with Crippen molar-refractivity contribution in [3.05, 3.63) is 34.4 Å². The van der Waals surface area contributed by atoms with Crippen LogP contribution < -0.4 is 5.73 Å². The van der Waals surface area contributed by atoms with Gasteiger partial charge < -0.3 is 5.73 Å². The first kappa shape index (κ1) is 19.9. The molecule has 0 heterocycles. The highest BCUT2D eigenvalue weighted by Crippen LogP contribution is 2.23. The van der Waals surface area contributed by atoms with Gasteiger partial charge in [-0.2, -0.15) is 0 Å². The summed E-state index contributed by atoms with van der Waals surface area (Å²) in [5.41, 5.74) is 10.2. The fraction of sp³-hybridized carbons (Fsp3) is 0.562. The maximum absolute atomic E-state index is 11.9. The summed E-state index contributed by atoms with van der Waals surface area (Å²) in [7, 11) is 0. The van der Waals surface area contributed by atoms with Crippen molar-refractivity contribution in [3.63, 3.8) is 0 Å². The predicted octanol–water partition coefficient (Wildman–Crippen LogP) is 4.89. The third kappa shape index (κ3) is 6.88. The number of benzene rings is 1. The van der Waals surface area contributed by atoms with Crippen LogP contribution in [0.15, 0.2) is 12.1 Å². The first-order valence-electron chi connectivity index (χ1n) is 7.26. The quantitative estimate of drug-likeness (QED) is 0.293. The van der Waals surface area contributed by atoms with Gasteiger partial charge in [-0.1, -0.05) is 73.8 Å². The summed E-state index contributed by atoms with van der Waals surface area (Å²) in [5, 5.41) is 0. The normalized spacial score (nSPS) is 10.8. The number of alkyl halides is 3. The van der Waals surface area contributed by atoms with Crippen molar-refractivity contribution in [2.24, 2.45) is 5.73 Å². The molecule has 0 aliphatic heterocycles. The third-order valence-corrected chi connectivity index (χ3v) is 5.70. The highest BCUT2D eigenvalue weighted by molar-refractivity contribution is 14.1. The highest BCUT2D eigenvalue weighted by atomic mass is 127. The molecule has 21 heavy (non-hydrogen) atoms. The van der Waals surface area contributed by atoms with Gasteiger partial charge in [-0.15, -0.1) is 0 Å². The molecule has 0 atom stereocenters. The lowest BCUT2D eigenvalue weighted by atomic mass is 9.90. The number of hydrogen-bond acceptors (Lipinski definition) is 1. The van der Waals surface area contributed by atoms with Gasteiger partial charge in [0.2, 0.25) is 5.91 Å². The lowest BCUT2D eigenvalue weighted by molar-refractivity contribution is 0.0999. The van der Waals surface area contributed by atoms with Gasteiger partial charge in [-0.05, 0) is 74.6 Å². The molecule has 2 nitrogen and oxygen atoms in total. The highest BCUT2D eigenvalue weighted by Gasteiger charge is 2.14. The van der Waals surface area contributed by atoms with Crippen molar-refractivity contribution in [2.75, 3.05) is 13.3 Å². The van der Waals surface area contributed by atoms with E-state index in [1.54, 1.807) is 0 Å². The average Bonchev–Trinajstić information content (AvgIpc) is 2.48. The summed E-state index contributed by atoms with van der Waals surface area (Å²) in [6, 6.07) is 4.35. The summed E-state index contributed by atoms with van der Waals surface area (Å²) >= 11 is 7.20. The van der Waals surface area contributed by atoms with Crippen LogP contribution in [-0.2, 0) is 19.3 Å². The lowest BCUT2D eigenvalue weighted by Crippen LogP contribution is -2.16. The van der Waals surface area contributed by atoms with Crippen LogP contribution in [0.25, 0.3) is 0 Å². The van der Waals surface area contributed by atoms with Gasteiger partial charge in [0.25, 0.3) is 0 Å². The van der Waals surface area contributed by atoms with Crippen LogP contribution in [0.2, 0.25) is 0 Å². The molecule has 1 rings (SSSR count). The molecule has 2 N–H and O–H groups in total. The Hall–Kier alpha value is 0.880. The van der Waals surface area contributed by atoms with Crippen LogP contribution in [0.1, 0.15) is 46.3 Å². The second-order valence-corrected chi connectivity index (χ2v) is 8.26. The zero-order chi connectivity index (χ0) is 15.7. The first-order chi connectivity index (χ1) is 10.1.